The van der Waals surface area contributed by atoms with Gasteiger partial charge in [-0.1, -0.05) is 6.07 Å². The second-order valence-corrected chi connectivity index (χ2v) is 3.23. The van der Waals surface area contributed by atoms with Gasteiger partial charge in [-0.3, -0.25) is 4.21 Å². The van der Waals surface area contributed by atoms with Crippen molar-refractivity contribution in [2.75, 3.05) is 4.41 Å². The first kappa shape index (κ1) is 10.6. The molecule has 0 bridgehead atoms. The summed E-state index contributed by atoms with van der Waals surface area (Å²) >= 11 is -2.61. The molecule has 0 spiro atoms. The zero-order valence-corrected chi connectivity index (χ0v) is 7.73. The van der Waals surface area contributed by atoms with Gasteiger partial charge in [0.15, 0.2) is 0 Å². The summed E-state index contributed by atoms with van der Waals surface area (Å²) in [4.78, 5) is 10.5. The lowest BCUT2D eigenvalue weighted by atomic mass is 10.2. The number of anilines is 1. The molecule has 1 aromatic rings. The largest absolute Gasteiger partial charge is 0.754 e. The number of carboxylic acid groups (broad SMARTS) is 1. The van der Waals surface area contributed by atoms with E-state index < -0.39 is 17.2 Å². The maximum absolute atomic E-state index is 10.5. The molecule has 1 rings (SSSR count). The third-order valence-corrected chi connectivity index (χ3v) is 2.04. The summed E-state index contributed by atoms with van der Waals surface area (Å²) in [6, 6.07) is 5.30. The average Bonchev–Trinajstić information content (AvgIpc) is 2.16. The minimum absolute atomic E-state index is 0.0246. The third-order valence-electron chi connectivity index (χ3n) is 1.51. The number of hydrazine groups is 1. The molecule has 0 aromatic heterocycles. The normalized spacial score (nSPS) is 12.1. The van der Waals surface area contributed by atoms with Crippen molar-refractivity contribution in [2.24, 2.45) is 5.84 Å². The number of aromatic carboxylic acids is 1. The van der Waals surface area contributed by atoms with E-state index in [4.69, 9.17) is 10.9 Å². The summed E-state index contributed by atoms with van der Waals surface area (Å²) in [7, 11) is 0. The Morgan fingerprint density at radius 2 is 2.21 bits per heavy atom. The number of hydrogen-bond acceptors (Lipinski definition) is 4. The van der Waals surface area contributed by atoms with Crippen molar-refractivity contribution in [3.05, 3.63) is 29.8 Å². The van der Waals surface area contributed by atoms with E-state index in [9.17, 15) is 13.6 Å². The maximum atomic E-state index is 10.5. The molecule has 0 aliphatic carbocycles. The van der Waals surface area contributed by atoms with Crippen LogP contribution in [-0.4, -0.2) is 19.8 Å². The van der Waals surface area contributed by atoms with Crippen LogP contribution in [0.4, 0.5) is 5.69 Å². The number of nitrogens with zero attached hydrogens (tertiary/aromatic N) is 1. The van der Waals surface area contributed by atoms with E-state index in [1.54, 1.807) is 0 Å². The van der Waals surface area contributed by atoms with Crippen LogP contribution in [0.25, 0.3) is 0 Å². The van der Waals surface area contributed by atoms with E-state index in [0.29, 0.717) is 4.41 Å². The van der Waals surface area contributed by atoms with Crippen LogP contribution >= 0.6 is 0 Å². The molecule has 0 aliphatic heterocycles. The molecule has 0 radical (unpaired) electrons. The van der Waals surface area contributed by atoms with Crippen LogP contribution in [-0.2, 0) is 11.3 Å². The standard InChI is InChI=1S/C7H8N2O4S/c8-9(14(12)13)6-3-1-2-5(4-6)7(10)11/h1-4H,8H2,(H,10,11)(H,12,13)/p-1. The molecule has 3 N–H and O–H groups in total. The Morgan fingerprint density at radius 3 is 2.71 bits per heavy atom. The highest BCUT2D eigenvalue weighted by Gasteiger charge is 2.06. The Bertz CT molecular complexity index is 382. The summed E-state index contributed by atoms with van der Waals surface area (Å²) in [6.07, 6.45) is 0. The molecule has 6 nitrogen and oxygen atoms in total. The van der Waals surface area contributed by atoms with E-state index in [0.717, 1.165) is 6.07 Å². The number of rotatable bonds is 3. The molecule has 0 saturated heterocycles. The Balaban J connectivity index is 3.05. The summed E-state index contributed by atoms with van der Waals surface area (Å²) in [5, 5.41) is 8.62. The van der Waals surface area contributed by atoms with Crippen LogP contribution < -0.4 is 10.3 Å². The van der Waals surface area contributed by atoms with Crippen LogP contribution in [0, 0.1) is 0 Å². The fraction of sp³-hybridized carbons (Fsp3) is 0. The Kier molecular flexibility index (Phi) is 3.18. The van der Waals surface area contributed by atoms with Crippen molar-refractivity contribution >= 4 is 22.9 Å². The van der Waals surface area contributed by atoms with Crippen LogP contribution in [0.1, 0.15) is 10.4 Å². The van der Waals surface area contributed by atoms with Gasteiger partial charge in [0.05, 0.1) is 22.5 Å². The molecule has 1 unspecified atom stereocenters. The topological polar surface area (TPSA) is 107 Å². The second-order valence-electron chi connectivity index (χ2n) is 2.40. The van der Waals surface area contributed by atoms with Gasteiger partial charge in [0, 0.05) is 0 Å². The number of nitrogens with two attached hydrogens (primary N) is 1. The van der Waals surface area contributed by atoms with E-state index in [1.807, 2.05) is 0 Å². The van der Waals surface area contributed by atoms with Gasteiger partial charge in [-0.25, -0.2) is 15.1 Å². The lowest BCUT2D eigenvalue weighted by molar-refractivity contribution is 0.0697. The van der Waals surface area contributed by atoms with Crippen molar-refractivity contribution in [3.8, 4) is 0 Å². The zero-order valence-electron chi connectivity index (χ0n) is 6.91. The lowest BCUT2D eigenvalue weighted by Crippen LogP contribution is -2.32. The highest BCUT2D eigenvalue weighted by Crippen LogP contribution is 2.14. The lowest BCUT2D eigenvalue weighted by Gasteiger charge is -2.20. The minimum atomic E-state index is -2.61. The molecule has 14 heavy (non-hydrogen) atoms. The van der Waals surface area contributed by atoms with E-state index >= 15 is 0 Å². The number of carbonyl (C=O) groups is 1. The molecule has 0 fully saturated rings. The summed E-state index contributed by atoms with van der Waals surface area (Å²) in [5.74, 6) is 3.99. The minimum Gasteiger partial charge on any atom is -0.754 e. The SMILES string of the molecule is NN(c1cccc(C(=O)O)c1)S(=O)[O-]. The first-order valence-corrected chi connectivity index (χ1v) is 4.53. The first-order chi connectivity index (χ1) is 6.52. The Labute approximate surface area is 82.3 Å². The van der Waals surface area contributed by atoms with Gasteiger partial charge in [0.1, 0.15) is 0 Å². The van der Waals surface area contributed by atoms with Gasteiger partial charge in [-0.15, -0.1) is 0 Å². The zero-order chi connectivity index (χ0) is 10.7. The Morgan fingerprint density at radius 1 is 1.57 bits per heavy atom. The van der Waals surface area contributed by atoms with Crippen LogP contribution in [0.5, 0.6) is 0 Å². The van der Waals surface area contributed by atoms with E-state index in [-0.39, 0.29) is 11.3 Å². The molecule has 1 aromatic carbocycles. The van der Waals surface area contributed by atoms with Crippen LogP contribution in [0.15, 0.2) is 24.3 Å². The maximum Gasteiger partial charge on any atom is 0.335 e. The van der Waals surface area contributed by atoms with Crippen molar-refractivity contribution in [1.82, 2.24) is 0 Å². The van der Waals surface area contributed by atoms with Crippen LogP contribution in [0.3, 0.4) is 0 Å². The van der Waals surface area contributed by atoms with Gasteiger partial charge in [0.2, 0.25) is 0 Å². The van der Waals surface area contributed by atoms with E-state index in [2.05, 4.69) is 0 Å². The van der Waals surface area contributed by atoms with Gasteiger partial charge in [0.25, 0.3) is 0 Å². The van der Waals surface area contributed by atoms with Crippen LogP contribution in [0.2, 0.25) is 0 Å². The summed E-state index contributed by atoms with van der Waals surface area (Å²) in [5.41, 5.74) is 0.0710. The molecular formula is C7H7N2O4S-. The molecule has 0 saturated carbocycles. The number of carboxylic acids is 1. The first-order valence-electron chi connectivity index (χ1n) is 3.50. The van der Waals surface area contributed by atoms with Crippen molar-refractivity contribution in [2.45, 2.75) is 0 Å². The molecule has 0 aliphatic rings. The summed E-state index contributed by atoms with van der Waals surface area (Å²) in [6.45, 7) is 0. The highest BCUT2D eigenvalue weighted by atomic mass is 32.2. The molecule has 0 heterocycles. The van der Waals surface area contributed by atoms with Gasteiger partial charge in [-0.05, 0) is 18.2 Å². The molecule has 0 amide bonds. The quantitative estimate of drug-likeness (QED) is 0.414. The van der Waals surface area contributed by atoms with Gasteiger partial charge >= 0.3 is 5.97 Å². The smallest absolute Gasteiger partial charge is 0.335 e. The summed E-state index contributed by atoms with van der Waals surface area (Å²) < 4.78 is 21.3. The second kappa shape index (κ2) is 4.18. The van der Waals surface area contributed by atoms with Gasteiger partial charge < -0.3 is 9.66 Å². The predicted molar refractivity (Wildman–Crippen MR) is 49.0 cm³/mol. The fourth-order valence-corrected chi connectivity index (χ4v) is 1.15. The molecular weight excluding hydrogens is 208 g/mol. The Hall–Kier alpha value is -1.44. The van der Waals surface area contributed by atoms with Crippen molar-refractivity contribution in [3.63, 3.8) is 0 Å². The molecule has 7 heteroatoms. The highest BCUT2D eigenvalue weighted by molar-refractivity contribution is 7.80. The predicted octanol–water partition coefficient (Wildman–Crippen LogP) is -0.141. The average molecular weight is 215 g/mol. The van der Waals surface area contributed by atoms with Crippen molar-refractivity contribution in [1.29, 1.82) is 0 Å². The number of benzene rings is 1. The van der Waals surface area contributed by atoms with Gasteiger partial charge in [-0.2, -0.15) is 0 Å². The van der Waals surface area contributed by atoms with Crippen molar-refractivity contribution < 1.29 is 18.7 Å². The monoisotopic (exact) mass is 215 g/mol. The molecule has 76 valence electrons. The molecule has 1 atom stereocenters. The fourth-order valence-electron chi connectivity index (χ4n) is 0.862. The third kappa shape index (κ3) is 2.28. The number of hydrogen-bond donors (Lipinski definition) is 2. The van der Waals surface area contributed by atoms with E-state index in [1.165, 1.54) is 18.2 Å².